The van der Waals surface area contributed by atoms with E-state index in [1.807, 2.05) is 6.07 Å². The van der Waals surface area contributed by atoms with Gasteiger partial charge >= 0.3 is 0 Å². The molecule has 1 aliphatic heterocycles. The second kappa shape index (κ2) is 5.04. The summed E-state index contributed by atoms with van der Waals surface area (Å²) in [6, 6.07) is 5.24. The highest BCUT2D eigenvalue weighted by Crippen LogP contribution is 2.48. The van der Waals surface area contributed by atoms with Gasteiger partial charge in [-0.3, -0.25) is 14.5 Å². The SMILES string of the molecule is CN1C(=O)c2cccc(NC[C@@H]3C[C@H]4C[C@@H]3[C@H](O)[C@@H]4O)c2C1=O. The van der Waals surface area contributed by atoms with Crippen LogP contribution in [0, 0.1) is 17.8 Å². The molecular formula is C17H20N2O4. The molecule has 0 saturated heterocycles. The molecule has 0 aromatic heterocycles. The van der Waals surface area contributed by atoms with E-state index in [-0.39, 0.29) is 29.6 Å². The highest BCUT2D eigenvalue weighted by atomic mass is 16.3. The van der Waals surface area contributed by atoms with E-state index < -0.39 is 12.2 Å². The Balaban J connectivity index is 1.52. The molecule has 4 rings (SSSR count). The number of nitrogens with zero attached hydrogens (tertiary/aromatic N) is 1. The van der Waals surface area contributed by atoms with Crippen LogP contribution >= 0.6 is 0 Å². The first-order valence-electron chi connectivity index (χ1n) is 8.04. The monoisotopic (exact) mass is 316 g/mol. The molecule has 2 aliphatic carbocycles. The minimum Gasteiger partial charge on any atom is -0.390 e. The third-order valence-electron chi connectivity index (χ3n) is 5.73. The second-order valence-corrected chi connectivity index (χ2v) is 6.91. The standard InChI is InChI=1S/C17H20N2O4/c1-19-16(22)10-3-2-4-12(13(10)17(19)23)18-7-9-5-8-6-11(9)15(21)14(8)20/h2-4,8-9,11,14-15,18,20-21H,5-7H2,1H3/t8-,9-,11-,14+,15-/m0/s1. The summed E-state index contributed by atoms with van der Waals surface area (Å²) < 4.78 is 0. The lowest BCUT2D eigenvalue weighted by Crippen LogP contribution is -2.38. The maximum Gasteiger partial charge on any atom is 0.263 e. The van der Waals surface area contributed by atoms with Gasteiger partial charge in [-0.1, -0.05) is 6.07 Å². The van der Waals surface area contributed by atoms with Crippen LogP contribution in [0.1, 0.15) is 33.6 Å². The minimum absolute atomic E-state index is 0.110. The van der Waals surface area contributed by atoms with Crippen molar-refractivity contribution in [3.63, 3.8) is 0 Å². The fraction of sp³-hybridized carbons (Fsp3) is 0.529. The van der Waals surface area contributed by atoms with Crippen molar-refractivity contribution in [2.75, 3.05) is 18.9 Å². The Morgan fingerprint density at radius 3 is 2.65 bits per heavy atom. The summed E-state index contributed by atoms with van der Waals surface area (Å²) in [5.41, 5.74) is 1.54. The number of hydrogen-bond acceptors (Lipinski definition) is 5. The van der Waals surface area contributed by atoms with E-state index in [0.29, 0.717) is 23.4 Å². The number of nitrogens with one attached hydrogen (secondary N) is 1. The summed E-state index contributed by atoms with van der Waals surface area (Å²) in [7, 11) is 1.49. The summed E-state index contributed by atoms with van der Waals surface area (Å²) >= 11 is 0. The van der Waals surface area contributed by atoms with Crippen molar-refractivity contribution >= 4 is 17.5 Å². The van der Waals surface area contributed by atoms with Gasteiger partial charge in [0.25, 0.3) is 11.8 Å². The average molecular weight is 316 g/mol. The van der Waals surface area contributed by atoms with Crippen LogP contribution in [0.3, 0.4) is 0 Å². The van der Waals surface area contributed by atoms with Crippen molar-refractivity contribution in [3.05, 3.63) is 29.3 Å². The predicted molar refractivity (Wildman–Crippen MR) is 83.1 cm³/mol. The van der Waals surface area contributed by atoms with Gasteiger partial charge in [0.05, 0.1) is 23.3 Å². The molecule has 6 heteroatoms. The topological polar surface area (TPSA) is 89.9 Å². The number of rotatable bonds is 3. The van der Waals surface area contributed by atoms with Gasteiger partial charge in [-0.15, -0.1) is 0 Å². The summed E-state index contributed by atoms with van der Waals surface area (Å²) in [6.07, 6.45) is 0.515. The second-order valence-electron chi connectivity index (χ2n) is 6.91. The maximum absolute atomic E-state index is 12.2. The molecule has 2 fully saturated rings. The van der Waals surface area contributed by atoms with Crippen LogP contribution < -0.4 is 5.32 Å². The number of amides is 2. The molecule has 2 saturated carbocycles. The fourth-order valence-corrected chi connectivity index (χ4v) is 4.46. The molecule has 5 atom stereocenters. The molecule has 1 heterocycles. The lowest BCUT2D eigenvalue weighted by molar-refractivity contribution is -0.0317. The van der Waals surface area contributed by atoms with E-state index in [9.17, 15) is 19.8 Å². The smallest absolute Gasteiger partial charge is 0.263 e. The molecule has 23 heavy (non-hydrogen) atoms. The van der Waals surface area contributed by atoms with Crippen LogP contribution in [-0.4, -0.2) is 52.7 Å². The number of carbonyl (C=O) groups is 2. The molecule has 3 aliphatic rings. The summed E-state index contributed by atoms with van der Waals surface area (Å²) in [5.74, 6) is 0.0136. The predicted octanol–water partition coefficient (Wildman–Crippen LogP) is 0.702. The zero-order valence-corrected chi connectivity index (χ0v) is 12.9. The largest absolute Gasteiger partial charge is 0.390 e. The molecule has 3 N–H and O–H groups in total. The van der Waals surface area contributed by atoms with Crippen LogP contribution in [0.4, 0.5) is 5.69 Å². The minimum atomic E-state index is -0.642. The Labute approximate surface area is 134 Å². The molecule has 2 bridgehead atoms. The molecular weight excluding hydrogens is 296 g/mol. The molecule has 0 radical (unpaired) electrons. The Morgan fingerprint density at radius 2 is 1.96 bits per heavy atom. The molecule has 1 aromatic carbocycles. The summed E-state index contributed by atoms with van der Waals surface area (Å²) in [4.78, 5) is 25.4. The molecule has 0 spiro atoms. The first kappa shape index (κ1) is 14.7. The quantitative estimate of drug-likeness (QED) is 0.714. The Bertz CT molecular complexity index is 687. The van der Waals surface area contributed by atoms with Gasteiger partial charge in [0.2, 0.25) is 0 Å². The summed E-state index contributed by atoms with van der Waals surface area (Å²) in [5, 5.41) is 23.2. The van der Waals surface area contributed by atoms with Crippen LogP contribution in [0.15, 0.2) is 18.2 Å². The zero-order chi connectivity index (χ0) is 16.3. The lowest BCUT2D eigenvalue weighted by Gasteiger charge is -2.30. The van der Waals surface area contributed by atoms with Crippen molar-refractivity contribution in [2.24, 2.45) is 17.8 Å². The van der Waals surface area contributed by atoms with Gasteiger partial charge < -0.3 is 15.5 Å². The zero-order valence-electron chi connectivity index (χ0n) is 12.9. The van der Waals surface area contributed by atoms with E-state index in [4.69, 9.17) is 0 Å². The number of benzene rings is 1. The molecule has 0 unspecified atom stereocenters. The Kier molecular flexibility index (Phi) is 3.21. The van der Waals surface area contributed by atoms with E-state index in [0.717, 1.165) is 17.7 Å². The van der Waals surface area contributed by atoms with Crippen LogP contribution in [0.5, 0.6) is 0 Å². The Hall–Kier alpha value is -1.92. The first-order chi connectivity index (χ1) is 11.0. The van der Waals surface area contributed by atoms with Crippen LogP contribution in [0.2, 0.25) is 0 Å². The van der Waals surface area contributed by atoms with Gasteiger partial charge in [0.1, 0.15) is 0 Å². The van der Waals surface area contributed by atoms with E-state index in [1.54, 1.807) is 12.1 Å². The number of imide groups is 1. The molecule has 1 aromatic rings. The third kappa shape index (κ3) is 2.01. The van der Waals surface area contributed by atoms with E-state index in [1.165, 1.54) is 7.05 Å². The number of aliphatic hydroxyl groups excluding tert-OH is 2. The van der Waals surface area contributed by atoms with Gasteiger partial charge in [-0.05, 0) is 42.7 Å². The van der Waals surface area contributed by atoms with Crippen LogP contribution in [0.25, 0.3) is 0 Å². The highest BCUT2D eigenvalue weighted by Gasteiger charge is 2.51. The fourth-order valence-electron chi connectivity index (χ4n) is 4.46. The first-order valence-corrected chi connectivity index (χ1v) is 8.04. The number of aliphatic hydroxyl groups is 2. The van der Waals surface area contributed by atoms with E-state index >= 15 is 0 Å². The highest BCUT2D eigenvalue weighted by molar-refractivity contribution is 6.23. The van der Waals surface area contributed by atoms with Crippen molar-refractivity contribution in [1.82, 2.24) is 4.90 Å². The normalized spacial score (nSPS) is 35.1. The van der Waals surface area contributed by atoms with Gasteiger partial charge in [-0.2, -0.15) is 0 Å². The van der Waals surface area contributed by atoms with Crippen molar-refractivity contribution in [2.45, 2.75) is 25.0 Å². The van der Waals surface area contributed by atoms with Gasteiger partial charge in [0, 0.05) is 19.3 Å². The maximum atomic E-state index is 12.2. The van der Waals surface area contributed by atoms with Gasteiger partial charge in [-0.25, -0.2) is 0 Å². The average Bonchev–Trinajstić information content (AvgIpc) is 3.16. The van der Waals surface area contributed by atoms with Crippen LogP contribution in [-0.2, 0) is 0 Å². The number of carbonyl (C=O) groups excluding carboxylic acids is 2. The third-order valence-corrected chi connectivity index (χ3v) is 5.73. The molecule has 122 valence electrons. The number of hydrogen-bond donors (Lipinski definition) is 3. The number of fused-ring (bicyclic) bond motifs is 3. The molecule has 6 nitrogen and oxygen atoms in total. The van der Waals surface area contributed by atoms with Crippen molar-refractivity contribution in [3.8, 4) is 0 Å². The lowest BCUT2D eigenvalue weighted by atomic mass is 9.85. The van der Waals surface area contributed by atoms with E-state index in [2.05, 4.69) is 5.32 Å². The van der Waals surface area contributed by atoms with Crippen molar-refractivity contribution in [1.29, 1.82) is 0 Å². The number of anilines is 1. The molecule has 2 amide bonds. The van der Waals surface area contributed by atoms with Crippen molar-refractivity contribution < 1.29 is 19.8 Å². The summed E-state index contributed by atoms with van der Waals surface area (Å²) in [6.45, 7) is 0.632. The Morgan fingerprint density at radius 1 is 1.17 bits per heavy atom. The van der Waals surface area contributed by atoms with Gasteiger partial charge in [0.15, 0.2) is 0 Å².